The highest BCUT2D eigenvalue weighted by Gasteiger charge is 2.71. The Kier molecular flexibility index (Phi) is 3.99. The van der Waals surface area contributed by atoms with Gasteiger partial charge in [0.25, 0.3) is 0 Å². The molecule has 0 aliphatic carbocycles. The first-order valence-corrected chi connectivity index (χ1v) is 7.75. The van der Waals surface area contributed by atoms with Crippen molar-refractivity contribution in [2.45, 2.75) is 36.9 Å². The molecule has 3 rings (SSSR count). The third-order valence-corrected chi connectivity index (χ3v) is 4.84. The molecule has 2 aliphatic rings. The lowest BCUT2D eigenvalue weighted by Gasteiger charge is -2.37. The van der Waals surface area contributed by atoms with E-state index in [9.17, 15) is 20.1 Å². The number of hydrogen-bond acceptors (Lipinski definition) is 7. The van der Waals surface area contributed by atoms with Crippen molar-refractivity contribution in [1.29, 1.82) is 0 Å². The average Bonchev–Trinajstić information content (AvgIpc) is 2.96. The van der Waals surface area contributed by atoms with E-state index in [-0.39, 0.29) is 11.7 Å². The van der Waals surface area contributed by atoms with Crippen molar-refractivity contribution >= 4 is 12.2 Å². The third kappa shape index (κ3) is 2.20. The fraction of sp³-hybridized carbons (Fsp3) is 0.667. The van der Waals surface area contributed by atoms with Gasteiger partial charge < -0.3 is 25.0 Å². The quantitative estimate of drug-likeness (QED) is 0.458. The lowest BCUT2D eigenvalue weighted by molar-refractivity contribution is -0.156. The Morgan fingerprint density at radius 1 is 1.50 bits per heavy atom. The molecule has 2 aliphatic heterocycles. The minimum absolute atomic E-state index is 0.230. The molecule has 9 heteroatoms. The summed E-state index contributed by atoms with van der Waals surface area (Å²) >= 11 is 0. The van der Waals surface area contributed by atoms with E-state index in [4.69, 9.17) is 4.74 Å². The van der Waals surface area contributed by atoms with Crippen molar-refractivity contribution in [3.8, 4) is 0 Å². The van der Waals surface area contributed by atoms with Gasteiger partial charge in [0.05, 0.1) is 12.9 Å². The summed E-state index contributed by atoms with van der Waals surface area (Å²) in [4.78, 5) is 22.1. The first-order chi connectivity index (χ1) is 11.3. The molecule has 1 aromatic rings. The summed E-state index contributed by atoms with van der Waals surface area (Å²) in [5.74, 6) is -0.0628. The van der Waals surface area contributed by atoms with Crippen LogP contribution in [0.25, 0.3) is 0 Å². The number of aliphatic hydroxyl groups is 3. The predicted molar refractivity (Wildman–Crippen MR) is 85.0 cm³/mol. The first kappa shape index (κ1) is 17.0. The lowest BCUT2D eigenvalue weighted by Crippen LogP contribution is -2.57. The zero-order chi connectivity index (χ0) is 17.7. The van der Waals surface area contributed by atoms with Gasteiger partial charge in [0.2, 0.25) is 0 Å². The number of rotatable bonds is 4. The van der Waals surface area contributed by atoms with E-state index in [1.54, 1.807) is 25.9 Å². The summed E-state index contributed by atoms with van der Waals surface area (Å²) < 4.78 is 7.05. The molecule has 0 radical (unpaired) electrons. The Hall–Kier alpha value is -1.81. The van der Waals surface area contributed by atoms with Crippen LogP contribution in [0.2, 0.25) is 0 Å². The fourth-order valence-corrected chi connectivity index (χ4v) is 3.71. The summed E-state index contributed by atoms with van der Waals surface area (Å²) in [7, 11) is 3.59. The molecular formula is C15H22N4O5. The molecule has 2 saturated heterocycles. The van der Waals surface area contributed by atoms with Gasteiger partial charge >= 0.3 is 5.69 Å². The van der Waals surface area contributed by atoms with E-state index in [0.29, 0.717) is 6.42 Å². The predicted octanol–water partition coefficient (Wildman–Crippen LogP) is -1.36. The summed E-state index contributed by atoms with van der Waals surface area (Å²) in [5.41, 5.74) is -3.35. The molecule has 132 valence electrons. The van der Waals surface area contributed by atoms with Gasteiger partial charge in [0.1, 0.15) is 17.8 Å². The average molecular weight is 338 g/mol. The van der Waals surface area contributed by atoms with Crippen molar-refractivity contribution in [3.05, 3.63) is 22.7 Å². The molecule has 2 fully saturated rings. The van der Waals surface area contributed by atoms with Gasteiger partial charge in [-0.2, -0.15) is 4.98 Å². The number of aromatic nitrogens is 2. The molecule has 3 N–H and O–H groups in total. The number of aliphatic imine (C=N–C) groups is 1. The largest absolute Gasteiger partial charge is 0.393 e. The molecule has 5 atom stereocenters. The van der Waals surface area contributed by atoms with Gasteiger partial charge in [-0.25, -0.2) is 9.79 Å². The van der Waals surface area contributed by atoms with Gasteiger partial charge in [-0.3, -0.25) is 4.57 Å². The van der Waals surface area contributed by atoms with Crippen molar-refractivity contribution < 1.29 is 20.1 Å². The van der Waals surface area contributed by atoms with Gasteiger partial charge in [-0.05, 0) is 12.5 Å². The van der Waals surface area contributed by atoms with Crippen molar-refractivity contribution in [1.82, 2.24) is 14.5 Å². The molecule has 0 aromatic carbocycles. The second kappa shape index (κ2) is 5.62. The van der Waals surface area contributed by atoms with Crippen LogP contribution in [0.3, 0.4) is 0 Å². The molecular weight excluding hydrogens is 316 g/mol. The molecule has 9 nitrogen and oxygen atoms in total. The number of nitrogens with zero attached hydrogens (tertiary/aromatic N) is 4. The topological polar surface area (TPSA) is 120 Å². The van der Waals surface area contributed by atoms with Crippen LogP contribution in [0.5, 0.6) is 0 Å². The van der Waals surface area contributed by atoms with E-state index in [1.165, 1.54) is 23.2 Å². The second-order valence-electron chi connectivity index (χ2n) is 6.72. The van der Waals surface area contributed by atoms with Crippen LogP contribution in [0.15, 0.2) is 22.1 Å². The van der Waals surface area contributed by atoms with Crippen molar-refractivity contribution in [3.63, 3.8) is 0 Å². The van der Waals surface area contributed by atoms with Crippen LogP contribution in [0.1, 0.15) is 13.3 Å². The van der Waals surface area contributed by atoms with Crippen LogP contribution in [-0.2, 0) is 10.5 Å². The summed E-state index contributed by atoms with van der Waals surface area (Å²) in [6.07, 6.45) is 0.669. The summed E-state index contributed by atoms with van der Waals surface area (Å²) in [5, 5.41) is 30.4. The number of fused-ring (bicyclic) bond motifs is 2. The van der Waals surface area contributed by atoms with E-state index in [0.717, 1.165) is 0 Å². The maximum atomic E-state index is 12.5. The number of ether oxygens (including phenoxy) is 1. The molecule has 24 heavy (non-hydrogen) atoms. The SMILES string of the molecule is CC1CC2(CO)OC1(n1ccc(N=CN(C)C)nc1=O)C(O)C2O. The van der Waals surface area contributed by atoms with E-state index < -0.39 is 35.8 Å². The Labute approximate surface area is 138 Å². The van der Waals surface area contributed by atoms with Crippen LogP contribution in [-0.4, -0.2) is 74.6 Å². The smallest absolute Gasteiger partial charge is 0.352 e. The van der Waals surface area contributed by atoms with Gasteiger partial charge in [0.15, 0.2) is 11.5 Å². The molecule has 3 heterocycles. The van der Waals surface area contributed by atoms with E-state index in [2.05, 4.69) is 9.98 Å². The lowest BCUT2D eigenvalue weighted by atomic mass is 9.75. The van der Waals surface area contributed by atoms with Gasteiger partial charge in [-0.1, -0.05) is 6.92 Å². The Bertz CT molecular complexity index is 720. The van der Waals surface area contributed by atoms with Crippen LogP contribution in [0.4, 0.5) is 5.82 Å². The Morgan fingerprint density at radius 2 is 2.21 bits per heavy atom. The minimum atomic E-state index is -1.45. The number of aliphatic hydroxyl groups excluding tert-OH is 3. The van der Waals surface area contributed by atoms with E-state index >= 15 is 0 Å². The minimum Gasteiger partial charge on any atom is -0.393 e. The Balaban J connectivity index is 2.04. The third-order valence-electron chi connectivity index (χ3n) is 4.84. The second-order valence-corrected chi connectivity index (χ2v) is 6.72. The standard InChI is InChI=1S/C15H22N4O5/c1-9-6-14(7-20)11(21)12(22)15(9,24-14)19-5-4-10(17-13(19)23)16-8-18(2)3/h4-5,8-9,11-12,20-22H,6-7H2,1-3H3. The van der Waals surface area contributed by atoms with E-state index in [1.807, 2.05) is 0 Å². The van der Waals surface area contributed by atoms with Crippen LogP contribution in [0, 0.1) is 5.92 Å². The highest BCUT2D eigenvalue weighted by Crippen LogP contribution is 2.56. The number of hydrogen-bond donors (Lipinski definition) is 3. The normalized spacial score (nSPS) is 38.2. The van der Waals surface area contributed by atoms with Crippen LogP contribution >= 0.6 is 0 Å². The summed E-state index contributed by atoms with van der Waals surface area (Å²) in [6, 6.07) is 1.53. The first-order valence-electron chi connectivity index (χ1n) is 7.75. The Morgan fingerprint density at radius 3 is 2.79 bits per heavy atom. The van der Waals surface area contributed by atoms with Crippen molar-refractivity contribution in [2.75, 3.05) is 20.7 Å². The summed E-state index contributed by atoms with van der Waals surface area (Å²) in [6.45, 7) is 1.36. The zero-order valence-corrected chi connectivity index (χ0v) is 13.8. The monoisotopic (exact) mass is 338 g/mol. The highest BCUT2D eigenvalue weighted by molar-refractivity contribution is 5.58. The highest BCUT2D eigenvalue weighted by atomic mass is 16.6. The molecule has 0 saturated carbocycles. The molecule has 2 bridgehead atoms. The molecule has 0 amide bonds. The zero-order valence-electron chi connectivity index (χ0n) is 13.8. The van der Waals surface area contributed by atoms with Gasteiger partial charge in [0, 0.05) is 26.2 Å². The molecule has 0 spiro atoms. The maximum Gasteiger partial charge on any atom is 0.352 e. The van der Waals surface area contributed by atoms with Gasteiger partial charge in [-0.15, -0.1) is 0 Å². The molecule has 5 unspecified atom stereocenters. The van der Waals surface area contributed by atoms with Crippen molar-refractivity contribution in [2.24, 2.45) is 10.9 Å². The van der Waals surface area contributed by atoms with Crippen LogP contribution < -0.4 is 5.69 Å². The fourth-order valence-electron chi connectivity index (χ4n) is 3.71. The maximum absolute atomic E-state index is 12.5. The molecule has 1 aromatic heterocycles.